The summed E-state index contributed by atoms with van der Waals surface area (Å²) in [5.41, 5.74) is 3.00. The van der Waals surface area contributed by atoms with Crippen LogP contribution in [-0.2, 0) is 0 Å². The Hall–Kier alpha value is -1.15. The fourth-order valence-electron chi connectivity index (χ4n) is 1.13. The molecule has 2 heteroatoms. The van der Waals surface area contributed by atoms with Crippen LogP contribution < -0.4 is 0 Å². The van der Waals surface area contributed by atoms with Crippen LogP contribution in [-0.4, -0.2) is 6.29 Å². The van der Waals surface area contributed by atoms with Gasteiger partial charge < -0.3 is 0 Å². The van der Waals surface area contributed by atoms with Crippen molar-refractivity contribution in [2.75, 3.05) is 0 Å². The molecule has 2 aliphatic rings. The van der Waals surface area contributed by atoms with Gasteiger partial charge in [0.2, 0.25) is 0 Å². The van der Waals surface area contributed by atoms with Gasteiger partial charge in [-0.05, 0) is 22.4 Å². The predicted octanol–water partition coefficient (Wildman–Crippen LogP) is 2.67. The number of carbonyl (C=O) groups excluding carboxylic acids is 1. The summed E-state index contributed by atoms with van der Waals surface area (Å²) in [6, 6.07) is 5.84. The van der Waals surface area contributed by atoms with Crippen LogP contribution >= 0.6 is 11.3 Å². The third kappa shape index (κ3) is 0.955. The van der Waals surface area contributed by atoms with Gasteiger partial charge in [0.25, 0.3) is 0 Å². The monoisotopic (exact) mass is 162 g/mol. The van der Waals surface area contributed by atoms with E-state index >= 15 is 0 Å². The van der Waals surface area contributed by atoms with E-state index in [9.17, 15) is 4.79 Å². The molecule has 0 aromatic carbocycles. The largest absolute Gasteiger partial charge is 0.298 e. The van der Waals surface area contributed by atoms with E-state index in [-0.39, 0.29) is 0 Å². The van der Waals surface area contributed by atoms with Gasteiger partial charge in [0.1, 0.15) is 0 Å². The number of rotatable bonds is 1. The molecular weight excluding hydrogens is 156 g/mol. The van der Waals surface area contributed by atoms with E-state index in [0.29, 0.717) is 0 Å². The van der Waals surface area contributed by atoms with Crippen molar-refractivity contribution in [2.45, 2.75) is 0 Å². The van der Waals surface area contributed by atoms with Gasteiger partial charge in [-0.3, -0.25) is 4.79 Å². The Balaban J connectivity index is 2.73. The van der Waals surface area contributed by atoms with Crippen molar-refractivity contribution < 1.29 is 4.79 Å². The van der Waals surface area contributed by atoms with E-state index < -0.39 is 0 Å². The molecule has 1 nitrogen and oxygen atoms in total. The molecule has 54 valence electrons. The molecule has 2 rings (SSSR count). The first-order chi connectivity index (χ1) is 5.42. The van der Waals surface area contributed by atoms with Crippen molar-refractivity contribution in [2.24, 2.45) is 0 Å². The molecule has 0 atom stereocenters. The summed E-state index contributed by atoms with van der Waals surface area (Å²) in [5.74, 6) is 0. The molecule has 0 unspecified atom stereocenters. The van der Waals surface area contributed by atoms with Crippen LogP contribution in [0.15, 0.2) is 29.0 Å². The lowest BCUT2D eigenvalue weighted by Crippen LogP contribution is -1.76. The van der Waals surface area contributed by atoms with Gasteiger partial charge in [-0.2, -0.15) is 11.3 Å². The third-order valence-corrected chi connectivity index (χ3v) is 2.37. The number of hydrogen-bond donors (Lipinski definition) is 0. The van der Waals surface area contributed by atoms with Gasteiger partial charge in [0.15, 0.2) is 6.29 Å². The number of carbonyl (C=O) groups is 1. The molecule has 0 saturated heterocycles. The minimum absolute atomic E-state index is 0.789. The molecule has 0 radical (unpaired) electrons. The van der Waals surface area contributed by atoms with Crippen LogP contribution in [0.4, 0.5) is 0 Å². The van der Waals surface area contributed by atoms with E-state index in [2.05, 4.69) is 0 Å². The molecule has 11 heavy (non-hydrogen) atoms. The lowest BCUT2D eigenvalue weighted by molar-refractivity contribution is 0.112. The molecule has 1 heterocycles. The van der Waals surface area contributed by atoms with Crippen LogP contribution in [0.25, 0.3) is 11.1 Å². The Bertz CT molecular complexity index is 351. The lowest BCUT2D eigenvalue weighted by Gasteiger charge is -1.95. The zero-order valence-corrected chi connectivity index (χ0v) is 6.60. The molecule has 0 N–H and O–H groups in total. The maximum atomic E-state index is 10.5. The van der Waals surface area contributed by atoms with Gasteiger partial charge in [0, 0.05) is 11.1 Å². The molecular formula is C9H6OS. The van der Waals surface area contributed by atoms with Gasteiger partial charge in [-0.15, -0.1) is 0 Å². The zero-order valence-electron chi connectivity index (χ0n) is 5.78. The summed E-state index contributed by atoms with van der Waals surface area (Å²) in [6.07, 6.45) is 0.898. The van der Waals surface area contributed by atoms with Crippen molar-refractivity contribution in [3.05, 3.63) is 34.5 Å². The highest BCUT2D eigenvalue weighted by molar-refractivity contribution is 7.08. The van der Waals surface area contributed by atoms with Gasteiger partial charge in [-0.1, -0.05) is 12.1 Å². The Kier molecular flexibility index (Phi) is 1.47. The highest BCUT2D eigenvalue weighted by Crippen LogP contribution is 2.27. The van der Waals surface area contributed by atoms with Gasteiger partial charge >= 0.3 is 0 Å². The van der Waals surface area contributed by atoms with Gasteiger partial charge in [0.05, 0.1) is 0 Å². The predicted molar refractivity (Wildman–Crippen MR) is 46.3 cm³/mol. The van der Waals surface area contributed by atoms with E-state index in [4.69, 9.17) is 0 Å². The third-order valence-electron chi connectivity index (χ3n) is 1.70. The molecule has 0 saturated carbocycles. The zero-order chi connectivity index (χ0) is 7.68. The Labute approximate surface area is 68.6 Å². The van der Waals surface area contributed by atoms with Crippen LogP contribution in [0, 0.1) is 0 Å². The first kappa shape index (κ1) is 6.55. The summed E-state index contributed by atoms with van der Waals surface area (Å²) in [6.45, 7) is 0. The molecule has 0 fully saturated rings. The first-order valence-corrected chi connectivity index (χ1v) is 4.26. The molecule has 0 aromatic heterocycles. The second kappa shape index (κ2) is 2.47. The maximum absolute atomic E-state index is 10.5. The van der Waals surface area contributed by atoms with E-state index in [1.165, 1.54) is 0 Å². The maximum Gasteiger partial charge on any atom is 0.150 e. The molecule has 0 aromatic rings. The number of hydrogen-bond acceptors (Lipinski definition) is 2. The summed E-state index contributed by atoms with van der Waals surface area (Å²) in [5, 5.41) is 4.01. The van der Waals surface area contributed by atoms with Crippen molar-refractivity contribution in [1.29, 1.82) is 0 Å². The lowest BCUT2D eigenvalue weighted by atomic mass is 10.1. The molecule has 0 amide bonds. The second-order valence-corrected chi connectivity index (χ2v) is 3.11. The number of fused-ring (bicyclic) bond motifs is 1. The summed E-state index contributed by atoms with van der Waals surface area (Å²) < 4.78 is 0. The molecule has 1 aliphatic heterocycles. The van der Waals surface area contributed by atoms with E-state index in [1.54, 1.807) is 11.3 Å². The topological polar surface area (TPSA) is 17.1 Å². The highest BCUT2D eigenvalue weighted by Gasteiger charge is 2.06. The number of aldehydes is 1. The highest BCUT2D eigenvalue weighted by atomic mass is 32.1. The van der Waals surface area contributed by atoms with Crippen LogP contribution in [0.1, 0.15) is 10.4 Å². The van der Waals surface area contributed by atoms with Crippen molar-refractivity contribution in [3.8, 4) is 11.1 Å². The molecule has 1 aliphatic carbocycles. The minimum Gasteiger partial charge on any atom is -0.298 e. The Morgan fingerprint density at radius 1 is 1.27 bits per heavy atom. The average molecular weight is 162 g/mol. The molecule has 0 spiro atoms. The Morgan fingerprint density at radius 2 is 2.18 bits per heavy atom. The quantitative estimate of drug-likeness (QED) is 0.589. The minimum atomic E-state index is 0.789. The summed E-state index contributed by atoms with van der Waals surface area (Å²) in [7, 11) is 0. The van der Waals surface area contributed by atoms with Gasteiger partial charge in [-0.25, -0.2) is 0 Å². The average Bonchev–Trinajstić information content (AvgIpc) is 2.47. The summed E-state index contributed by atoms with van der Waals surface area (Å²) >= 11 is 1.61. The van der Waals surface area contributed by atoms with Crippen LogP contribution in [0.3, 0.4) is 0 Å². The Morgan fingerprint density at radius 3 is 3.00 bits per heavy atom. The van der Waals surface area contributed by atoms with E-state index in [0.717, 1.165) is 23.0 Å². The van der Waals surface area contributed by atoms with Crippen LogP contribution in [0.2, 0.25) is 0 Å². The summed E-state index contributed by atoms with van der Waals surface area (Å²) in [4.78, 5) is 10.5. The standard InChI is InChI=1S/C9H6OS/c10-5-8-2-1-7-3-4-11-6-9(7)8/h1-6H. The normalized spacial score (nSPS) is 10.2. The van der Waals surface area contributed by atoms with Crippen molar-refractivity contribution in [1.82, 2.24) is 0 Å². The van der Waals surface area contributed by atoms with Crippen molar-refractivity contribution >= 4 is 17.6 Å². The van der Waals surface area contributed by atoms with E-state index in [1.807, 2.05) is 29.0 Å². The van der Waals surface area contributed by atoms with Crippen LogP contribution in [0.5, 0.6) is 0 Å². The fourth-order valence-corrected chi connectivity index (χ4v) is 1.84. The SMILES string of the molecule is O=Cc1ccc2ccscc1-2. The molecule has 0 bridgehead atoms. The van der Waals surface area contributed by atoms with Crippen molar-refractivity contribution in [3.63, 3.8) is 0 Å². The second-order valence-electron chi connectivity index (χ2n) is 2.33. The smallest absolute Gasteiger partial charge is 0.150 e. The first-order valence-electron chi connectivity index (χ1n) is 3.32. The fraction of sp³-hybridized carbons (Fsp3) is 0.